The predicted octanol–water partition coefficient (Wildman–Crippen LogP) is 3.19. The number of nitrogens with one attached hydrogen (secondary N) is 1. The molecule has 1 heterocycles. The number of amides is 1. The van der Waals surface area contributed by atoms with E-state index in [2.05, 4.69) is 17.5 Å². The fourth-order valence-corrected chi connectivity index (χ4v) is 2.32. The zero-order valence-corrected chi connectivity index (χ0v) is 10.3. The summed E-state index contributed by atoms with van der Waals surface area (Å²) in [5.74, 6) is 0.841. The first-order valence-corrected chi connectivity index (χ1v) is 6.20. The van der Waals surface area contributed by atoms with Crippen LogP contribution < -0.4 is 5.32 Å². The van der Waals surface area contributed by atoms with Gasteiger partial charge in [-0.05, 0) is 44.0 Å². The van der Waals surface area contributed by atoms with Gasteiger partial charge in [0.1, 0.15) is 11.3 Å². The minimum Gasteiger partial charge on any atom is -0.461 e. The van der Waals surface area contributed by atoms with E-state index in [0.717, 1.165) is 29.6 Å². The van der Waals surface area contributed by atoms with Gasteiger partial charge in [0.05, 0.1) is 0 Å². The van der Waals surface area contributed by atoms with E-state index in [4.69, 9.17) is 4.42 Å². The first kappa shape index (κ1) is 11.1. The molecule has 3 nitrogen and oxygen atoms in total. The van der Waals surface area contributed by atoms with E-state index >= 15 is 0 Å². The second-order valence-corrected chi connectivity index (χ2v) is 4.70. The smallest absolute Gasteiger partial charge is 0.251 e. The molecular weight excluding hydrogens is 226 g/mol. The van der Waals surface area contributed by atoms with Crippen LogP contribution in [-0.4, -0.2) is 11.9 Å². The van der Waals surface area contributed by atoms with Gasteiger partial charge in [-0.15, -0.1) is 0 Å². The van der Waals surface area contributed by atoms with Crippen molar-refractivity contribution in [1.29, 1.82) is 0 Å². The van der Waals surface area contributed by atoms with Crippen molar-refractivity contribution < 1.29 is 9.21 Å². The molecule has 3 rings (SSSR count). The molecule has 0 bridgehead atoms. The highest BCUT2D eigenvalue weighted by molar-refractivity contribution is 5.98. The van der Waals surface area contributed by atoms with Gasteiger partial charge in [-0.2, -0.15) is 0 Å². The van der Waals surface area contributed by atoms with Gasteiger partial charge < -0.3 is 9.73 Å². The van der Waals surface area contributed by atoms with Crippen LogP contribution in [0.4, 0.5) is 0 Å². The summed E-state index contributed by atoms with van der Waals surface area (Å²) < 4.78 is 5.49. The largest absolute Gasteiger partial charge is 0.461 e. The van der Waals surface area contributed by atoms with E-state index in [1.807, 2.05) is 25.1 Å². The first-order chi connectivity index (χ1) is 8.72. The Balaban J connectivity index is 1.84. The summed E-state index contributed by atoms with van der Waals surface area (Å²) in [4.78, 5) is 12.1. The maximum Gasteiger partial charge on any atom is 0.251 e. The van der Waals surface area contributed by atoms with Crippen molar-refractivity contribution in [3.05, 3.63) is 47.7 Å². The normalized spacial score (nSPS) is 18.4. The third-order valence-corrected chi connectivity index (χ3v) is 3.23. The number of hydrogen-bond acceptors (Lipinski definition) is 2. The first-order valence-electron chi connectivity index (χ1n) is 6.20. The maximum absolute atomic E-state index is 12.1. The molecule has 1 aromatic carbocycles. The van der Waals surface area contributed by atoms with Crippen molar-refractivity contribution in [3.63, 3.8) is 0 Å². The lowest BCUT2D eigenvalue weighted by Crippen LogP contribution is -2.31. The second kappa shape index (κ2) is 4.33. The Morgan fingerprint density at radius 2 is 2.28 bits per heavy atom. The fourth-order valence-electron chi connectivity index (χ4n) is 2.32. The van der Waals surface area contributed by atoms with Gasteiger partial charge in [0, 0.05) is 17.0 Å². The third-order valence-electron chi connectivity index (χ3n) is 3.23. The minimum atomic E-state index is -0.0210. The van der Waals surface area contributed by atoms with E-state index in [0.29, 0.717) is 5.56 Å². The molecule has 0 radical (unpaired) electrons. The minimum absolute atomic E-state index is 0.0210. The van der Waals surface area contributed by atoms with Crippen molar-refractivity contribution in [2.45, 2.75) is 25.8 Å². The Labute approximate surface area is 105 Å². The standard InChI is InChI=1S/C15H15NO2/c1-10-8-12-9-11(6-7-14(12)18-10)15(17)16-13-4-2-3-5-13/h2,4,6-9,13H,3,5H2,1H3,(H,16,17). The molecule has 3 heteroatoms. The number of benzene rings is 1. The highest BCUT2D eigenvalue weighted by Gasteiger charge is 2.14. The quantitative estimate of drug-likeness (QED) is 0.820. The summed E-state index contributed by atoms with van der Waals surface area (Å²) in [5.41, 5.74) is 1.51. The van der Waals surface area contributed by atoms with Crippen molar-refractivity contribution >= 4 is 16.9 Å². The van der Waals surface area contributed by atoms with E-state index in [9.17, 15) is 4.79 Å². The molecule has 1 amide bonds. The van der Waals surface area contributed by atoms with Crippen LogP contribution in [0.15, 0.2) is 40.8 Å². The summed E-state index contributed by atoms with van der Waals surface area (Å²) >= 11 is 0. The molecule has 92 valence electrons. The van der Waals surface area contributed by atoms with Crippen LogP contribution in [0.5, 0.6) is 0 Å². The van der Waals surface area contributed by atoms with Gasteiger partial charge in [0.2, 0.25) is 0 Å². The van der Waals surface area contributed by atoms with Gasteiger partial charge in [-0.25, -0.2) is 0 Å². The SMILES string of the molecule is Cc1cc2cc(C(=O)NC3C=CCC3)ccc2o1. The van der Waals surface area contributed by atoms with Crippen LogP contribution in [0.25, 0.3) is 11.0 Å². The lowest BCUT2D eigenvalue weighted by molar-refractivity contribution is 0.0944. The van der Waals surface area contributed by atoms with Gasteiger partial charge >= 0.3 is 0 Å². The van der Waals surface area contributed by atoms with Gasteiger partial charge in [0.25, 0.3) is 5.91 Å². The molecule has 0 aliphatic heterocycles. The van der Waals surface area contributed by atoms with E-state index < -0.39 is 0 Å². The van der Waals surface area contributed by atoms with E-state index in [1.54, 1.807) is 6.07 Å². The maximum atomic E-state index is 12.1. The van der Waals surface area contributed by atoms with Gasteiger partial charge in [-0.3, -0.25) is 4.79 Å². The van der Waals surface area contributed by atoms with Crippen LogP contribution >= 0.6 is 0 Å². The molecule has 2 aromatic rings. The number of carbonyl (C=O) groups excluding carboxylic acids is 1. The average Bonchev–Trinajstić information content (AvgIpc) is 2.95. The Kier molecular flexibility index (Phi) is 2.67. The van der Waals surface area contributed by atoms with Crippen LogP contribution in [-0.2, 0) is 0 Å². The Hall–Kier alpha value is -2.03. The number of fused-ring (bicyclic) bond motifs is 1. The zero-order chi connectivity index (χ0) is 12.5. The second-order valence-electron chi connectivity index (χ2n) is 4.70. The van der Waals surface area contributed by atoms with Crippen molar-refractivity contribution in [2.75, 3.05) is 0 Å². The van der Waals surface area contributed by atoms with Crippen LogP contribution in [0, 0.1) is 6.92 Å². The van der Waals surface area contributed by atoms with Crippen molar-refractivity contribution in [2.24, 2.45) is 0 Å². The molecule has 1 aromatic heterocycles. The Bertz CT molecular complexity index is 624. The molecule has 1 unspecified atom stereocenters. The Morgan fingerprint density at radius 3 is 3.06 bits per heavy atom. The predicted molar refractivity (Wildman–Crippen MR) is 70.6 cm³/mol. The molecule has 0 spiro atoms. The van der Waals surface area contributed by atoms with Crippen molar-refractivity contribution in [1.82, 2.24) is 5.32 Å². The summed E-state index contributed by atoms with van der Waals surface area (Å²) in [6, 6.07) is 7.65. The molecule has 18 heavy (non-hydrogen) atoms. The lowest BCUT2D eigenvalue weighted by atomic mass is 10.1. The molecule has 1 N–H and O–H groups in total. The summed E-state index contributed by atoms with van der Waals surface area (Å²) in [7, 11) is 0. The van der Waals surface area contributed by atoms with Crippen molar-refractivity contribution in [3.8, 4) is 0 Å². The van der Waals surface area contributed by atoms with Gasteiger partial charge in [0.15, 0.2) is 0 Å². The van der Waals surface area contributed by atoms with E-state index in [-0.39, 0.29) is 11.9 Å². The number of carbonyl (C=O) groups is 1. The summed E-state index contributed by atoms with van der Waals surface area (Å²) in [6.07, 6.45) is 6.20. The number of allylic oxidation sites excluding steroid dienone is 1. The number of furan rings is 1. The zero-order valence-electron chi connectivity index (χ0n) is 10.3. The van der Waals surface area contributed by atoms with Crippen LogP contribution in [0.3, 0.4) is 0 Å². The molecule has 1 aliphatic rings. The topological polar surface area (TPSA) is 42.2 Å². The highest BCUT2D eigenvalue weighted by atomic mass is 16.3. The number of rotatable bonds is 2. The highest BCUT2D eigenvalue weighted by Crippen LogP contribution is 2.20. The number of aryl methyl sites for hydroxylation is 1. The fraction of sp³-hybridized carbons (Fsp3) is 0.267. The van der Waals surface area contributed by atoms with Crippen LogP contribution in [0.2, 0.25) is 0 Å². The third kappa shape index (κ3) is 2.04. The summed E-state index contributed by atoms with van der Waals surface area (Å²) in [6.45, 7) is 1.91. The number of hydrogen-bond donors (Lipinski definition) is 1. The monoisotopic (exact) mass is 241 g/mol. The average molecular weight is 241 g/mol. The van der Waals surface area contributed by atoms with E-state index in [1.165, 1.54) is 0 Å². The molecule has 0 saturated heterocycles. The summed E-state index contributed by atoms with van der Waals surface area (Å²) in [5, 5.41) is 3.98. The Morgan fingerprint density at radius 1 is 1.39 bits per heavy atom. The molecule has 1 aliphatic carbocycles. The molecular formula is C15H15NO2. The molecule has 0 fully saturated rings. The lowest BCUT2D eigenvalue weighted by Gasteiger charge is -2.10. The van der Waals surface area contributed by atoms with Crippen LogP contribution in [0.1, 0.15) is 29.0 Å². The molecule has 1 atom stereocenters. The van der Waals surface area contributed by atoms with Gasteiger partial charge in [-0.1, -0.05) is 12.2 Å². The molecule has 0 saturated carbocycles.